The number of nitrogens with zero attached hydrogens (tertiary/aromatic N) is 3. The number of methoxy groups -OCH3 is 1. The van der Waals surface area contributed by atoms with Gasteiger partial charge in [0.2, 0.25) is 5.95 Å². The third kappa shape index (κ3) is 5.42. The van der Waals surface area contributed by atoms with Gasteiger partial charge >= 0.3 is 5.97 Å². The fourth-order valence-electron chi connectivity index (χ4n) is 4.54. The topological polar surface area (TPSA) is 84.8 Å². The van der Waals surface area contributed by atoms with Gasteiger partial charge in [-0.2, -0.15) is 0 Å². The molecule has 2 aliphatic rings. The molecule has 1 aliphatic carbocycles. The lowest BCUT2D eigenvalue weighted by atomic mass is 9.90. The van der Waals surface area contributed by atoms with Crippen LogP contribution >= 0.6 is 0 Å². The zero-order chi connectivity index (χ0) is 21.8. The molecule has 2 atom stereocenters. The smallest absolute Gasteiger partial charge is 0.307 e. The van der Waals surface area contributed by atoms with E-state index in [1.54, 1.807) is 25.6 Å². The molecular weight excluding hydrogens is 401 g/mol. The van der Waals surface area contributed by atoms with Gasteiger partial charge in [-0.05, 0) is 55.1 Å². The van der Waals surface area contributed by atoms with Crippen LogP contribution in [0.1, 0.15) is 31.2 Å². The Labute approximate surface area is 181 Å². The molecule has 0 amide bonds. The number of carboxylic acid groups (broad SMARTS) is 1. The number of rotatable bonds is 9. The summed E-state index contributed by atoms with van der Waals surface area (Å²) in [6.07, 6.45) is 7.58. The van der Waals surface area contributed by atoms with Gasteiger partial charge in [0.15, 0.2) is 5.75 Å². The third-order valence-electron chi connectivity index (χ3n) is 6.38. The highest BCUT2D eigenvalue weighted by Gasteiger charge is 2.43. The van der Waals surface area contributed by atoms with Crippen molar-refractivity contribution in [3.8, 4) is 11.5 Å². The highest BCUT2D eigenvalue weighted by Crippen LogP contribution is 2.49. The van der Waals surface area contributed by atoms with E-state index in [1.807, 2.05) is 0 Å². The lowest BCUT2D eigenvalue weighted by Crippen LogP contribution is -2.35. The average molecular weight is 429 g/mol. The van der Waals surface area contributed by atoms with Crippen LogP contribution in [0.15, 0.2) is 30.6 Å². The summed E-state index contributed by atoms with van der Waals surface area (Å²) < 4.78 is 24.8. The van der Waals surface area contributed by atoms with Crippen LogP contribution in [0.2, 0.25) is 0 Å². The minimum atomic E-state index is -1.05. The van der Waals surface area contributed by atoms with Gasteiger partial charge < -0.3 is 19.5 Å². The average Bonchev–Trinajstić information content (AvgIpc) is 3.55. The Morgan fingerprint density at radius 3 is 2.61 bits per heavy atom. The standard InChI is InChI=1S/C23H28FN3O4/c1-30-19-13-25-23(26-14-19)27-7-4-15(5-8-27)20-10-16(20)6-9-31-18-3-2-17(11-22(28)29)21(24)12-18/h2-3,12-16,20H,4-11H2,1H3,(H,28,29). The molecule has 1 N–H and O–H groups in total. The van der Waals surface area contributed by atoms with E-state index < -0.39 is 11.8 Å². The first-order valence-electron chi connectivity index (χ1n) is 10.8. The molecule has 0 spiro atoms. The molecule has 1 aromatic carbocycles. The van der Waals surface area contributed by atoms with Crippen LogP contribution in [0, 0.1) is 23.6 Å². The van der Waals surface area contributed by atoms with Gasteiger partial charge in [0, 0.05) is 19.2 Å². The van der Waals surface area contributed by atoms with Crippen molar-refractivity contribution >= 4 is 11.9 Å². The minimum absolute atomic E-state index is 0.175. The van der Waals surface area contributed by atoms with Crippen LogP contribution in [0.4, 0.5) is 10.3 Å². The molecule has 4 rings (SSSR count). The number of piperidine rings is 1. The molecule has 2 heterocycles. The van der Waals surface area contributed by atoms with Gasteiger partial charge in [0.25, 0.3) is 0 Å². The van der Waals surface area contributed by atoms with E-state index in [0.29, 0.717) is 24.0 Å². The molecule has 1 aliphatic heterocycles. The van der Waals surface area contributed by atoms with Crippen molar-refractivity contribution in [1.29, 1.82) is 0 Å². The monoisotopic (exact) mass is 429 g/mol. The number of ether oxygens (including phenoxy) is 2. The van der Waals surface area contributed by atoms with Gasteiger partial charge in [-0.3, -0.25) is 4.79 Å². The van der Waals surface area contributed by atoms with Crippen LogP contribution < -0.4 is 14.4 Å². The van der Waals surface area contributed by atoms with Gasteiger partial charge in [0.1, 0.15) is 11.6 Å². The van der Waals surface area contributed by atoms with E-state index in [1.165, 1.54) is 18.6 Å². The molecule has 1 saturated heterocycles. The first-order valence-corrected chi connectivity index (χ1v) is 10.8. The van der Waals surface area contributed by atoms with Crippen molar-refractivity contribution < 1.29 is 23.8 Å². The lowest BCUT2D eigenvalue weighted by molar-refractivity contribution is -0.136. The van der Waals surface area contributed by atoms with Gasteiger partial charge in [-0.25, -0.2) is 14.4 Å². The van der Waals surface area contributed by atoms with E-state index >= 15 is 0 Å². The van der Waals surface area contributed by atoms with E-state index in [9.17, 15) is 9.18 Å². The van der Waals surface area contributed by atoms with E-state index in [2.05, 4.69) is 14.9 Å². The van der Waals surface area contributed by atoms with Gasteiger partial charge in [0.05, 0.1) is 32.5 Å². The number of halogens is 1. The molecule has 7 nitrogen and oxygen atoms in total. The molecule has 166 valence electrons. The van der Waals surface area contributed by atoms with Crippen LogP contribution in [-0.2, 0) is 11.2 Å². The SMILES string of the molecule is COc1cnc(N2CCC(C3CC3CCOc3ccc(CC(=O)O)c(F)c3)CC2)nc1. The van der Waals surface area contributed by atoms with Gasteiger partial charge in [-0.1, -0.05) is 6.07 Å². The predicted molar refractivity (Wildman–Crippen MR) is 113 cm³/mol. The zero-order valence-electron chi connectivity index (χ0n) is 17.7. The number of aromatic nitrogens is 2. The lowest BCUT2D eigenvalue weighted by Gasteiger charge is -2.32. The summed E-state index contributed by atoms with van der Waals surface area (Å²) in [7, 11) is 1.61. The van der Waals surface area contributed by atoms with E-state index in [4.69, 9.17) is 14.6 Å². The second-order valence-corrected chi connectivity index (χ2v) is 8.37. The Morgan fingerprint density at radius 2 is 1.97 bits per heavy atom. The predicted octanol–water partition coefficient (Wildman–Crippen LogP) is 3.57. The maximum atomic E-state index is 13.9. The van der Waals surface area contributed by atoms with Crippen molar-refractivity contribution in [2.75, 3.05) is 31.7 Å². The fraction of sp³-hybridized carbons (Fsp3) is 0.522. The molecule has 2 unspecified atom stereocenters. The Kier molecular flexibility index (Phi) is 6.53. The number of carboxylic acids is 1. The second kappa shape index (κ2) is 9.49. The largest absolute Gasteiger partial charge is 0.494 e. The normalized spacial score (nSPS) is 21.0. The molecule has 8 heteroatoms. The van der Waals surface area contributed by atoms with Crippen LogP contribution in [-0.4, -0.2) is 47.8 Å². The van der Waals surface area contributed by atoms with Crippen molar-refractivity contribution in [1.82, 2.24) is 9.97 Å². The Hall–Kier alpha value is -2.90. The summed E-state index contributed by atoms with van der Waals surface area (Å²) in [6.45, 7) is 2.49. The summed E-state index contributed by atoms with van der Waals surface area (Å²) in [6, 6.07) is 4.40. The summed E-state index contributed by atoms with van der Waals surface area (Å²) in [5.41, 5.74) is 0.175. The number of hydrogen-bond donors (Lipinski definition) is 1. The zero-order valence-corrected chi connectivity index (χ0v) is 17.7. The van der Waals surface area contributed by atoms with Crippen LogP contribution in [0.5, 0.6) is 11.5 Å². The maximum Gasteiger partial charge on any atom is 0.307 e. The first-order chi connectivity index (χ1) is 15.0. The highest BCUT2D eigenvalue weighted by molar-refractivity contribution is 5.70. The number of benzene rings is 1. The van der Waals surface area contributed by atoms with Crippen molar-refractivity contribution in [2.24, 2.45) is 17.8 Å². The third-order valence-corrected chi connectivity index (χ3v) is 6.38. The summed E-state index contributed by atoms with van der Waals surface area (Å²) in [4.78, 5) is 21.7. The summed E-state index contributed by atoms with van der Waals surface area (Å²) in [5, 5.41) is 8.78. The molecule has 31 heavy (non-hydrogen) atoms. The van der Waals surface area contributed by atoms with Crippen molar-refractivity contribution in [3.05, 3.63) is 42.0 Å². The van der Waals surface area contributed by atoms with E-state index in [-0.39, 0.29) is 12.0 Å². The number of carbonyl (C=O) groups is 1. The molecule has 2 fully saturated rings. The van der Waals surface area contributed by atoms with Crippen molar-refractivity contribution in [2.45, 2.75) is 32.1 Å². The Morgan fingerprint density at radius 1 is 1.23 bits per heavy atom. The Balaban J connectivity index is 1.17. The number of aliphatic carboxylic acids is 1. The highest BCUT2D eigenvalue weighted by atomic mass is 19.1. The summed E-state index contributed by atoms with van der Waals surface area (Å²) >= 11 is 0. The van der Waals surface area contributed by atoms with Gasteiger partial charge in [-0.15, -0.1) is 0 Å². The second-order valence-electron chi connectivity index (χ2n) is 8.37. The van der Waals surface area contributed by atoms with Crippen LogP contribution in [0.25, 0.3) is 0 Å². The summed E-state index contributed by atoms with van der Waals surface area (Å²) in [5.74, 6) is 2.46. The molecule has 0 bridgehead atoms. The number of anilines is 1. The molecular formula is C23H28FN3O4. The molecule has 0 radical (unpaired) electrons. The Bertz CT molecular complexity index is 900. The molecule has 1 saturated carbocycles. The van der Waals surface area contributed by atoms with Crippen LogP contribution in [0.3, 0.4) is 0 Å². The molecule has 2 aromatic rings. The van der Waals surface area contributed by atoms with Crippen molar-refractivity contribution in [3.63, 3.8) is 0 Å². The van der Waals surface area contributed by atoms with E-state index in [0.717, 1.165) is 50.1 Å². The number of hydrogen-bond acceptors (Lipinski definition) is 6. The minimum Gasteiger partial charge on any atom is -0.494 e. The quantitative estimate of drug-likeness (QED) is 0.652. The first kappa shape index (κ1) is 21.3. The molecule has 1 aromatic heterocycles. The maximum absolute atomic E-state index is 13.9. The fourth-order valence-corrected chi connectivity index (χ4v) is 4.54.